The summed E-state index contributed by atoms with van der Waals surface area (Å²) < 4.78 is 23.2. The predicted molar refractivity (Wildman–Crippen MR) is 96.7 cm³/mol. The summed E-state index contributed by atoms with van der Waals surface area (Å²) in [5.74, 6) is -0.423. The van der Waals surface area contributed by atoms with Gasteiger partial charge in [-0.1, -0.05) is 47.7 Å². The largest absolute Gasteiger partial charge is 0.296 e. The highest BCUT2D eigenvalue weighted by Gasteiger charge is 2.14. The molecule has 0 aliphatic rings. The Balaban J connectivity index is 1.72. The number of nitrogens with one attached hydrogen (secondary N) is 1. The third-order valence-corrected chi connectivity index (χ3v) is 5.36. The molecule has 0 fully saturated rings. The normalized spacial score (nSPS) is 11.2. The minimum Gasteiger partial charge on any atom is -0.296 e. The van der Waals surface area contributed by atoms with Crippen LogP contribution in [0.15, 0.2) is 59.5 Å². The van der Waals surface area contributed by atoms with E-state index in [0.717, 1.165) is 16.8 Å². The molecule has 6 nitrogen and oxygen atoms in total. The van der Waals surface area contributed by atoms with Crippen molar-refractivity contribution in [1.29, 1.82) is 0 Å². The van der Waals surface area contributed by atoms with Gasteiger partial charge in [-0.05, 0) is 23.8 Å². The standard InChI is InChI=1S/C17H15N3O3S2/c1-25(22,23)14-9-5-8-13(11-14)16(21)18-17-20-19-15(24-17)10-12-6-3-2-4-7-12/h2-9,11H,10H2,1H3,(H,18,20,21). The zero-order valence-corrected chi connectivity index (χ0v) is 15.0. The first-order valence-electron chi connectivity index (χ1n) is 7.39. The van der Waals surface area contributed by atoms with Crippen molar-refractivity contribution in [2.24, 2.45) is 0 Å². The Bertz CT molecular complexity index is 999. The van der Waals surface area contributed by atoms with E-state index in [1.807, 2.05) is 30.3 Å². The number of hydrogen-bond acceptors (Lipinski definition) is 6. The average molecular weight is 373 g/mol. The molecule has 1 N–H and O–H groups in total. The fourth-order valence-electron chi connectivity index (χ4n) is 2.18. The van der Waals surface area contributed by atoms with Gasteiger partial charge < -0.3 is 0 Å². The molecule has 1 heterocycles. The highest BCUT2D eigenvalue weighted by Crippen LogP contribution is 2.20. The lowest BCUT2D eigenvalue weighted by atomic mass is 10.2. The van der Waals surface area contributed by atoms with Gasteiger partial charge >= 0.3 is 0 Å². The summed E-state index contributed by atoms with van der Waals surface area (Å²) in [6, 6.07) is 15.7. The second-order valence-corrected chi connectivity index (χ2v) is 8.50. The molecule has 1 amide bonds. The highest BCUT2D eigenvalue weighted by molar-refractivity contribution is 7.90. The van der Waals surface area contributed by atoms with Gasteiger partial charge in [0.15, 0.2) is 9.84 Å². The van der Waals surface area contributed by atoms with Crippen LogP contribution >= 0.6 is 11.3 Å². The number of nitrogens with zero attached hydrogens (tertiary/aromatic N) is 2. The monoisotopic (exact) mass is 373 g/mol. The van der Waals surface area contributed by atoms with Crippen LogP contribution in [0.2, 0.25) is 0 Å². The van der Waals surface area contributed by atoms with Crippen LogP contribution in [0.5, 0.6) is 0 Å². The number of amides is 1. The van der Waals surface area contributed by atoms with Gasteiger partial charge in [-0.15, -0.1) is 10.2 Å². The number of carbonyl (C=O) groups is 1. The third-order valence-electron chi connectivity index (χ3n) is 3.41. The Morgan fingerprint density at radius 2 is 1.84 bits per heavy atom. The van der Waals surface area contributed by atoms with Crippen molar-refractivity contribution in [1.82, 2.24) is 10.2 Å². The topological polar surface area (TPSA) is 89.0 Å². The molecule has 25 heavy (non-hydrogen) atoms. The van der Waals surface area contributed by atoms with Crippen molar-refractivity contribution >= 4 is 32.2 Å². The first kappa shape index (κ1) is 17.2. The minimum atomic E-state index is -3.37. The van der Waals surface area contributed by atoms with E-state index in [1.54, 1.807) is 6.07 Å². The molecule has 0 saturated carbocycles. The lowest BCUT2D eigenvalue weighted by Crippen LogP contribution is -2.12. The average Bonchev–Trinajstić information content (AvgIpc) is 3.02. The third kappa shape index (κ3) is 4.49. The van der Waals surface area contributed by atoms with Crippen molar-refractivity contribution < 1.29 is 13.2 Å². The molecule has 3 rings (SSSR count). The molecule has 2 aromatic carbocycles. The second kappa shape index (κ2) is 7.12. The minimum absolute atomic E-state index is 0.0992. The van der Waals surface area contributed by atoms with Gasteiger partial charge in [-0.2, -0.15) is 0 Å². The van der Waals surface area contributed by atoms with Gasteiger partial charge in [0.1, 0.15) is 5.01 Å². The van der Waals surface area contributed by atoms with E-state index >= 15 is 0 Å². The molecule has 0 radical (unpaired) electrons. The zero-order chi connectivity index (χ0) is 17.9. The number of carbonyl (C=O) groups excluding carboxylic acids is 1. The van der Waals surface area contributed by atoms with Gasteiger partial charge in [0.05, 0.1) is 4.90 Å². The molecule has 0 spiro atoms. The van der Waals surface area contributed by atoms with Gasteiger partial charge in [-0.3, -0.25) is 10.1 Å². The second-order valence-electron chi connectivity index (χ2n) is 5.42. The quantitative estimate of drug-likeness (QED) is 0.743. The molecule has 0 saturated heterocycles. The predicted octanol–water partition coefficient (Wildman–Crippen LogP) is 2.78. The Labute approximate surface area is 149 Å². The fraction of sp³-hybridized carbons (Fsp3) is 0.118. The first-order valence-corrected chi connectivity index (χ1v) is 10.1. The van der Waals surface area contributed by atoms with Crippen molar-refractivity contribution in [3.63, 3.8) is 0 Å². The molecule has 0 bridgehead atoms. The molecule has 128 valence electrons. The smallest absolute Gasteiger partial charge is 0.257 e. The summed E-state index contributed by atoms with van der Waals surface area (Å²) in [7, 11) is -3.37. The van der Waals surface area contributed by atoms with Crippen molar-refractivity contribution in [3.8, 4) is 0 Å². The molecule has 0 aliphatic carbocycles. The molecule has 3 aromatic rings. The van der Waals surface area contributed by atoms with Crippen LogP contribution in [-0.2, 0) is 16.3 Å². The molecular weight excluding hydrogens is 358 g/mol. The van der Waals surface area contributed by atoms with Crippen LogP contribution in [0.25, 0.3) is 0 Å². The molecule has 8 heteroatoms. The molecule has 0 atom stereocenters. The van der Waals surface area contributed by atoms with Crippen LogP contribution in [-0.4, -0.2) is 30.8 Å². The highest BCUT2D eigenvalue weighted by atomic mass is 32.2. The summed E-state index contributed by atoms with van der Waals surface area (Å²) in [5, 5.41) is 11.9. The van der Waals surface area contributed by atoms with E-state index in [1.165, 1.54) is 29.5 Å². The van der Waals surface area contributed by atoms with Gasteiger partial charge in [0, 0.05) is 18.2 Å². The lowest BCUT2D eigenvalue weighted by molar-refractivity contribution is 0.102. The van der Waals surface area contributed by atoms with E-state index in [0.29, 0.717) is 11.6 Å². The summed E-state index contributed by atoms with van der Waals surface area (Å²) in [4.78, 5) is 12.4. The number of hydrogen-bond donors (Lipinski definition) is 1. The van der Waals surface area contributed by atoms with Gasteiger partial charge in [0.2, 0.25) is 5.13 Å². The Morgan fingerprint density at radius 1 is 1.08 bits per heavy atom. The SMILES string of the molecule is CS(=O)(=O)c1cccc(C(=O)Nc2nnc(Cc3ccccc3)s2)c1. The van der Waals surface area contributed by atoms with Crippen LogP contribution in [0.1, 0.15) is 20.9 Å². The summed E-state index contributed by atoms with van der Waals surface area (Å²) in [6.07, 6.45) is 1.74. The van der Waals surface area contributed by atoms with E-state index in [-0.39, 0.29) is 10.5 Å². The molecule has 1 aromatic heterocycles. The first-order chi connectivity index (χ1) is 11.9. The number of benzene rings is 2. The van der Waals surface area contributed by atoms with Crippen LogP contribution in [0.3, 0.4) is 0 Å². The fourth-order valence-corrected chi connectivity index (χ4v) is 3.62. The van der Waals surface area contributed by atoms with E-state index < -0.39 is 15.7 Å². The van der Waals surface area contributed by atoms with Crippen molar-refractivity contribution in [2.75, 3.05) is 11.6 Å². The van der Waals surface area contributed by atoms with E-state index in [4.69, 9.17) is 0 Å². The Kier molecular flexibility index (Phi) is 4.91. The number of sulfone groups is 1. The molecule has 0 unspecified atom stereocenters. The number of aromatic nitrogens is 2. The van der Waals surface area contributed by atoms with E-state index in [9.17, 15) is 13.2 Å². The zero-order valence-electron chi connectivity index (χ0n) is 13.3. The van der Waals surface area contributed by atoms with Crippen molar-refractivity contribution in [3.05, 3.63) is 70.7 Å². The van der Waals surface area contributed by atoms with Crippen LogP contribution in [0, 0.1) is 0 Å². The summed E-state index contributed by atoms with van der Waals surface area (Å²) in [6.45, 7) is 0. The van der Waals surface area contributed by atoms with Crippen LogP contribution < -0.4 is 5.32 Å². The lowest BCUT2D eigenvalue weighted by Gasteiger charge is -2.03. The maximum Gasteiger partial charge on any atom is 0.257 e. The Hall–Kier alpha value is -2.58. The number of anilines is 1. The summed E-state index contributed by atoms with van der Waals surface area (Å²) in [5.41, 5.74) is 1.36. The van der Waals surface area contributed by atoms with Gasteiger partial charge in [-0.25, -0.2) is 8.42 Å². The maximum atomic E-state index is 12.3. The summed E-state index contributed by atoms with van der Waals surface area (Å²) >= 11 is 1.29. The maximum absolute atomic E-state index is 12.3. The van der Waals surface area contributed by atoms with Crippen molar-refractivity contribution in [2.45, 2.75) is 11.3 Å². The van der Waals surface area contributed by atoms with E-state index in [2.05, 4.69) is 15.5 Å². The Morgan fingerprint density at radius 3 is 2.56 bits per heavy atom. The van der Waals surface area contributed by atoms with Crippen LogP contribution in [0.4, 0.5) is 5.13 Å². The number of rotatable bonds is 5. The van der Waals surface area contributed by atoms with Gasteiger partial charge in [0.25, 0.3) is 5.91 Å². The molecular formula is C17H15N3O3S2. The molecule has 0 aliphatic heterocycles.